The van der Waals surface area contributed by atoms with Gasteiger partial charge in [-0.25, -0.2) is 92.8 Å². The molecule has 0 saturated carbocycles. The van der Waals surface area contributed by atoms with Crippen molar-refractivity contribution in [1.82, 2.24) is 84.0 Å². The van der Waals surface area contributed by atoms with Gasteiger partial charge in [0.05, 0.1) is 45.9 Å². The van der Waals surface area contributed by atoms with Crippen molar-refractivity contribution in [3.63, 3.8) is 0 Å². The maximum absolute atomic E-state index is 14.7. The lowest BCUT2D eigenvalue weighted by Crippen LogP contribution is -2.17. The molecular formula is C95H66ClF17N22O6S2. The molecule has 0 radical (unpaired) electrons. The van der Waals surface area contributed by atoms with E-state index in [0.717, 1.165) is 106 Å². The van der Waals surface area contributed by atoms with Crippen molar-refractivity contribution in [2.45, 2.75) is 67.0 Å². The topological polar surface area (TPSA) is 346 Å². The van der Waals surface area contributed by atoms with Gasteiger partial charge in [-0.3, -0.25) is 48.3 Å². The highest BCUT2D eigenvalue weighted by Gasteiger charge is 2.37. The number of fused-ring (bicyclic) bond motifs is 1. The number of carbonyl (C=O) groups excluding carboxylic acids is 5. The number of oxazole rings is 1. The highest BCUT2D eigenvalue weighted by atomic mass is 35.5. The zero-order valence-corrected chi connectivity index (χ0v) is 76.8. The zero-order chi connectivity index (χ0) is 103. The Labute approximate surface area is 808 Å². The predicted octanol–water partition coefficient (Wildman–Crippen LogP) is 22.9. The van der Waals surface area contributed by atoms with E-state index in [-0.39, 0.29) is 52.6 Å². The van der Waals surface area contributed by atoms with Gasteiger partial charge in [-0.05, 0) is 179 Å². The molecule has 28 nitrogen and oxygen atoms in total. The van der Waals surface area contributed by atoms with Crippen LogP contribution in [0.15, 0.2) is 223 Å². The third kappa shape index (κ3) is 24.1. The van der Waals surface area contributed by atoms with E-state index >= 15 is 0 Å². The van der Waals surface area contributed by atoms with Crippen molar-refractivity contribution in [3.05, 3.63) is 349 Å². The van der Waals surface area contributed by atoms with Crippen molar-refractivity contribution in [2.24, 2.45) is 7.05 Å². The van der Waals surface area contributed by atoms with Crippen LogP contribution in [-0.4, -0.2) is 114 Å². The lowest BCUT2D eigenvalue weighted by atomic mass is 10.1. The molecule has 0 saturated heterocycles. The minimum atomic E-state index is -4.58. The molecule has 0 spiro atoms. The molecule has 11 heterocycles. The normalized spacial score (nSPS) is 11.2. The summed E-state index contributed by atoms with van der Waals surface area (Å²) in [6.07, 6.45) is 3.97. The molecular weight excluding hydrogens is 1970 g/mol. The average Bonchev–Trinajstić information content (AvgIpc) is 1.68. The van der Waals surface area contributed by atoms with Gasteiger partial charge in [0.2, 0.25) is 11.1 Å². The number of hydrogen-bond acceptors (Lipinski definition) is 21. The minimum absolute atomic E-state index is 0.0169. The third-order valence-corrected chi connectivity index (χ3v) is 22.1. The van der Waals surface area contributed by atoms with Crippen LogP contribution in [0.4, 0.5) is 104 Å². The molecule has 0 aliphatic rings. The molecule has 7 aromatic carbocycles. The number of aromatic nitrogens is 17. The molecule has 5 amide bonds. The fourth-order valence-electron chi connectivity index (χ4n) is 13.6. The van der Waals surface area contributed by atoms with E-state index in [0.29, 0.717) is 84.0 Å². The molecule has 0 aliphatic heterocycles. The standard InChI is InChI=1S/C20H13F3N4OS.C19H11ClF2N4O2.C19H15F5N4O.C19H14F2N6OS.C18H13F5N4O/c1-11-14(10-27(26-11)20-24-7-8-29-20)13-6-5-12(9-17(13)23)25-19(28)18-15(21)3-2-4-16(18)22;1-9-25-14-6-11(20)10(5-16(14)28-9)15-7-24-17(8-23-15)26-19(27)18-12(21)3-2-4-13(18)22;1-3-28-14(8-15(27-28)19(22,23)24)11-4-5-16(25-9-11)26-18(29)17-12(20)6-10(2)7-13(17)21;1-2-27-15(8-14(26-27)18-22-6-7-29-18)11-9-23-19(24-10-11)25-17(28)16-12(20)4-3-5-13(16)21;1-9-5-11(19)16(12(20)6-9)17(28)25-15-4-3-10(8-24-15)13-7-14(18(21,22)23)26-27(13)2/h2-10H,1H3,(H,25,28);2-8H,1H3,(H,24,26,27);4-9H,3H2,1-2H3,(H,25,26,29);3-10H,2H2,1H3,(H,23,24,25,28);3-8H,1-2H3,(H,24,25,28). The van der Waals surface area contributed by atoms with Gasteiger partial charge in [0.25, 0.3) is 29.5 Å². The summed E-state index contributed by atoms with van der Waals surface area (Å²) in [6, 6.07) is 30.0. The Morgan fingerprint density at radius 3 is 1.34 bits per heavy atom. The Balaban J connectivity index is 0.000000142. The fourth-order valence-corrected chi connectivity index (χ4v) is 15.1. The molecule has 18 aromatic rings. The van der Waals surface area contributed by atoms with Gasteiger partial charge in [0.15, 0.2) is 28.7 Å². The molecule has 0 atom stereocenters. The second-order valence-electron chi connectivity index (χ2n) is 30.2. The number of pyridine rings is 2. The Morgan fingerprint density at radius 1 is 0.406 bits per heavy atom. The van der Waals surface area contributed by atoms with Crippen LogP contribution < -0.4 is 26.6 Å². The second-order valence-corrected chi connectivity index (χ2v) is 32.3. The van der Waals surface area contributed by atoms with Crippen molar-refractivity contribution >= 4 is 104 Å². The third-order valence-electron chi connectivity index (χ3n) is 20.2. The van der Waals surface area contributed by atoms with Crippen molar-refractivity contribution in [2.75, 3.05) is 26.6 Å². The van der Waals surface area contributed by atoms with Crippen LogP contribution in [0, 0.1) is 91.7 Å². The van der Waals surface area contributed by atoms with Crippen molar-refractivity contribution in [3.8, 4) is 72.0 Å². The number of hydrogen-bond donors (Lipinski definition) is 5. The summed E-state index contributed by atoms with van der Waals surface area (Å²) in [6.45, 7) is 10.9. The number of halogens is 18. The molecule has 48 heteroatoms. The number of alkyl halides is 6. The second kappa shape index (κ2) is 43.6. The van der Waals surface area contributed by atoms with E-state index < -0.39 is 145 Å². The average molecular weight is 2030 g/mol. The van der Waals surface area contributed by atoms with E-state index in [4.69, 9.17) is 16.0 Å². The number of rotatable bonds is 19. The lowest BCUT2D eigenvalue weighted by Gasteiger charge is -2.09. The predicted molar refractivity (Wildman–Crippen MR) is 493 cm³/mol. The van der Waals surface area contributed by atoms with Crippen LogP contribution in [0.3, 0.4) is 0 Å². The maximum Gasteiger partial charge on any atom is 0.435 e. The van der Waals surface area contributed by atoms with Gasteiger partial charge >= 0.3 is 12.4 Å². The molecule has 0 bridgehead atoms. The van der Waals surface area contributed by atoms with Crippen LogP contribution in [0.2, 0.25) is 5.02 Å². The van der Waals surface area contributed by atoms with Gasteiger partial charge in [0, 0.05) is 120 Å². The summed E-state index contributed by atoms with van der Waals surface area (Å²) in [7, 11) is 1.35. The Bertz CT molecular complexity index is 7670. The number of anilines is 5. The first kappa shape index (κ1) is 102. The number of benzene rings is 7. The monoisotopic (exact) mass is 2030 g/mol. The molecule has 143 heavy (non-hydrogen) atoms. The number of nitrogens with zero attached hydrogens (tertiary/aromatic N) is 17. The van der Waals surface area contributed by atoms with Crippen LogP contribution in [0.5, 0.6) is 0 Å². The van der Waals surface area contributed by atoms with E-state index in [1.807, 2.05) is 23.8 Å². The molecule has 0 aliphatic carbocycles. The van der Waals surface area contributed by atoms with Crippen molar-refractivity contribution < 1.29 is 103 Å². The van der Waals surface area contributed by atoms with Gasteiger partial charge in [-0.2, -0.15) is 46.7 Å². The van der Waals surface area contributed by atoms with Crippen LogP contribution in [0.1, 0.15) is 99.7 Å². The van der Waals surface area contributed by atoms with Gasteiger partial charge in [-0.1, -0.05) is 29.8 Å². The van der Waals surface area contributed by atoms with E-state index in [2.05, 4.69) is 91.8 Å². The quantitative estimate of drug-likeness (QED) is 0.0469. The first-order valence-corrected chi connectivity index (χ1v) is 43.7. The van der Waals surface area contributed by atoms with Crippen LogP contribution in [-0.2, 0) is 32.5 Å². The summed E-state index contributed by atoms with van der Waals surface area (Å²) in [5.41, 5.74) is 1.86. The van der Waals surface area contributed by atoms with Crippen LogP contribution >= 0.6 is 34.3 Å². The molecule has 18 rings (SSSR count). The van der Waals surface area contributed by atoms with Crippen molar-refractivity contribution in [1.29, 1.82) is 0 Å². The summed E-state index contributed by atoms with van der Waals surface area (Å²) < 4.78 is 241. The summed E-state index contributed by atoms with van der Waals surface area (Å²) >= 11 is 9.16. The largest absolute Gasteiger partial charge is 0.441 e. The highest BCUT2D eigenvalue weighted by Crippen LogP contribution is 2.38. The minimum Gasteiger partial charge on any atom is -0.441 e. The van der Waals surface area contributed by atoms with Gasteiger partial charge in [0.1, 0.15) is 120 Å². The maximum atomic E-state index is 14.7. The number of thiazole rings is 2. The SMILES string of the molecule is CCn1nc(-c2nccs2)cc1-c1cnc(NC(=O)c2c(F)cccc2F)nc1.CCn1nc(C(F)(F)F)cc1-c1ccc(NC(=O)c2c(F)cc(C)cc2F)nc1.Cc1cc(F)c(C(=O)Nc2ccc(-c3cc(C(F)(F)F)nn3C)cn2)c(F)c1.Cc1nc2cc(Cl)c(-c3cnc(NC(=O)c4c(F)cccc4F)cn3)cc2o1.Cc1nn(-c2nccs2)cc1-c1ccc(NC(=O)c2c(F)cccc2F)cc1F. The first-order chi connectivity index (χ1) is 68.1. The molecule has 11 aromatic heterocycles. The highest BCUT2D eigenvalue weighted by molar-refractivity contribution is 7.13. The van der Waals surface area contributed by atoms with E-state index in [9.17, 15) is 98.6 Å². The number of carbonyl (C=O) groups is 5. The molecule has 0 fully saturated rings. The van der Waals surface area contributed by atoms with E-state index in [1.165, 1.54) is 134 Å². The van der Waals surface area contributed by atoms with Crippen LogP contribution in [0.25, 0.3) is 83.1 Å². The Morgan fingerprint density at radius 2 is 0.867 bits per heavy atom. The lowest BCUT2D eigenvalue weighted by molar-refractivity contribution is -0.142. The smallest absolute Gasteiger partial charge is 0.435 e. The zero-order valence-electron chi connectivity index (χ0n) is 74.4. The first-order valence-electron chi connectivity index (χ1n) is 41.5. The van der Waals surface area contributed by atoms with E-state index in [1.54, 1.807) is 60.9 Å². The summed E-state index contributed by atoms with van der Waals surface area (Å²) in [5, 5.41) is 32.8. The summed E-state index contributed by atoms with van der Waals surface area (Å²) in [4.78, 5) is 97.7. The Kier molecular flexibility index (Phi) is 31.1. The fraction of sp³-hybridized carbons (Fsp3) is 0.116. The summed E-state index contributed by atoms with van der Waals surface area (Å²) in [5.74, 6) is -15.1. The molecule has 730 valence electrons. The number of nitrogens with one attached hydrogen (secondary N) is 5. The van der Waals surface area contributed by atoms with Gasteiger partial charge in [-0.15, -0.1) is 22.7 Å². The Hall–Kier alpha value is -17.0. The van der Waals surface area contributed by atoms with Gasteiger partial charge < -0.3 is 25.7 Å². The molecule has 0 unspecified atom stereocenters. The number of amides is 5. The molecule has 5 N–H and O–H groups in total. The number of aryl methyl sites for hydroxylation is 7.